The van der Waals surface area contributed by atoms with Crippen LogP contribution in [0.3, 0.4) is 0 Å². The van der Waals surface area contributed by atoms with Crippen molar-refractivity contribution in [2.45, 2.75) is 5.75 Å². The summed E-state index contributed by atoms with van der Waals surface area (Å²) in [5.74, 6) is 5.18. The minimum atomic E-state index is -2.03. The number of nitrogen functional groups attached to an aromatic ring is 1. The Hall–Kier alpha value is -0.910. The second kappa shape index (κ2) is 4.20. The van der Waals surface area contributed by atoms with Crippen molar-refractivity contribution in [1.82, 2.24) is 0 Å². The van der Waals surface area contributed by atoms with Gasteiger partial charge in [-0.05, 0) is 17.7 Å². The molecule has 0 aliphatic carbocycles. The van der Waals surface area contributed by atoms with Crippen molar-refractivity contribution in [1.29, 1.82) is 0 Å². The molecule has 0 amide bonds. The zero-order valence-corrected chi connectivity index (χ0v) is 7.14. The average Bonchev–Trinajstić information content (AvgIpc) is 2.05. The Morgan fingerprint density at radius 2 is 2.00 bits per heavy atom. The van der Waals surface area contributed by atoms with Crippen molar-refractivity contribution in [2.75, 3.05) is 5.43 Å². The fourth-order valence-corrected chi connectivity index (χ4v) is 1.30. The molecule has 0 aromatic heterocycles. The SMILES string of the molecule is NNc1ccc(CS(=O)[O-])cc1. The van der Waals surface area contributed by atoms with Gasteiger partial charge in [0, 0.05) is 11.4 Å². The van der Waals surface area contributed by atoms with Crippen LogP contribution in [0.2, 0.25) is 0 Å². The maximum absolute atomic E-state index is 10.3. The van der Waals surface area contributed by atoms with Crippen molar-refractivity contribution in [2.24, 2.45) is 5.84 Å². The van der Waals surface area contributed by atoms with Gasteiger partial charge in [0.15, 0.2) is 0 Å². The number of hydrogen-bond acceptors (Lipinski definition) is 4. The summed E-state index contributed by atoms with van der Waals surface area (Å²) in [6.45, 7) is 0. The molecule has 66 valence electrons. The first-order chi connectivity index (χ1) is 5.72. The Labute approximate surface area is 73.0 Å². The van der Waals surface area contributed by atoms with Gasteiger partial charge in [-0.3, -0.25) is 10.1 Å². The summed E-state index contributed by atoms with van der Waals surface area (Å²) < 4.78 is 20.6. The summed E-state index contributed by atoms with van der Waals surface area (Å²) in [4.78, 5) is 0. The van der Waals surface area contributed by atoms with Crippen LogP contribution in [0.4, 0.5) is 5.69 Å². The highest BCUT2D eigenvalue weighted by Gasteiger charge is 1.92. The lowest BCUT2D eigenvalue weighted by molar-refractivity contribution is 0.536. The summed E-state index contributed by atoms with van der Waals surface area (Å²) in [5, 5.41) is 0. The van der Waals surface area contributed by atoms with Gasteiger partial charge in [-0.1, -0.05) is 23.2 Å². The van der Waals surface area contributed by atoms with Gasteiger partial charge in [-0.2, -0.15) is 0 Å². The molecule has 3 N–H and O–H groups in total. The second-order valence-electron chi connectivity index (χ2n) is 2.29. The maximum Gasteiger partial charge on any atom is 0.0485 e. The van der Waals surface area contributed by atoms with E-state index in [-0.39, 0.29) is 5.75 Å². The van der Waals surface area contributed by atoms with Gasteiger partial charge in [-0.15, -0.1) is 0 Å². The van der Waals surface area contributed by atoms with Crippen molar-refractivity contribution in [3.05, 3.63) is 29.8 Å². The molecule has 0 bridgehead atoms. The highest BCUT2D eigenvalue weighted by molar-refractivity contribution is 7.78. The first-order valence-corrected chi connectivity index (χ1v) is 4.58. The van der Waals surface area contributed by atoms with Crippen LogP contribution in [0, 0.1) is 0 Å². The number of anilines is 1. The molecule has 4 nitrogen and oxygen atoms in total. The highest BCUT2D eigenvalue weighted by Crippen LogP contribution is 2.08. The first-order valence-electron chi connectivity index (χ1n) is 3.34. The summed E-state index contributed by atoms with van der Waals surface area (Å²) in [7, 11) is 0. The molecule has 0 spiro atoms. The van der Waals surface area contributed by atoms with Crippen molar-refractivity contribution in [3.8, 4) is 0 Å². The van der Waals surface area contributed by atoms with E-state index in [9.17, 15) is 8.76 Å². The largest absolute Gasteiger partial charge is 0.772 e. The third-order valence-electron chi connectivity index (χ3n) is 1.41. The molecule has 0 aliphatic rings. The van der Waals surface area contributed by atoms with Gasteiger partial charge >= 0.3 is 0 Å². The van der Waals surface area contributed by atoms with Crippen LogP contribution in [-0.4, -0.2) is 8.76 Å². The smallest absolute Gasteiger partial charge is 0.0485 e. The van der Waals surface area contributed by atoms with E-state index in [1.165, 1.54) is 0 Å². The number of hydrogen-bond donors (Lipinski definition) is 2. The summed E-state index contributed by atoms with van der Waals surface area (Å²) in [6.07, 6.45) is 0. The normalized spacial score (nSPS) is 12.5. The Bertz CT molecular complexity index is 273. The molecule has 12 heavy (non-hydrogen) atoms. The van der Waals surface area contributed by atoms with E-state index in [0.29, 0.717) is 0 Å². The number of nitrogens with one attached hydrogen (secondary N) is 1. The van der Waals surface area contributed by atoms with E-state index in [1.807, 2.05) is 0 Å². The lowest BCUT2D eigenvalue weighted by Gasteiger charge is -2.05. The Kier molecular flexibility index (Phi) is 3.21. The molecule has 0 aliphatic heterocycles. The van der Waals surface area contributed by atoms with Crippen LogP contribution in [0.1, 0.15) is 5.56 Å². The molecular formula is C7H9N2O2S-. The van der Waals surface area contributed by atoms with E-state index >= 15 is 0 Å². The van der Waals surface area contributed by atoms with Crippen LogP contribution in [0.25, 0.3) is 0 Å². The number of nitrogens with two attached hydrogens (primary N) is 1. The van der Waals surface area contributed by atoms with Gasteiger partial charge in [0.2, 0.25) is 0 Å². The van der Waals surface area contributed by atoms with E-state index < -0.39 is 11.1 Å². The maximum atomic E-state index is 10.3. The lowest BCUT2D eigenvalue weighted by atomic mass is 10.2. The summed E-state index contributed by atoms with van der Waals surface area (Å²) >= 11 is -2.03. The third kappa shape index (κ3) is 2.61. The molecule has 0 fully saturated rings. The molecule has 0 saturated carbocycles. The average molecular weight is 185 g/mol. The zero-order valence-electron chi connectivity index (χ0n) is 6.32. The molecule has 1 aromatic carbocycles. The zero-order chi connectivity index (χ0) is 8.97. The van der Waals surface area contributed by atoms with E-state index in [1.54, 1.807) is 24.3 Å². The molecule has 0 radical (unpaired) electrons. The number of benzene rings is 1. The lowest BCUT2D eigenvalue weighted by Crippen LogP contribution is -2.06. The molecule has 1 aromatic rings. The molecule has 1 unspecified atom stereocenters. The minimum Gasteiger partial charge on any atom is -0.772 e. The Balaban J connectivity index is 2.71. The minimum absolute atomic E-state index is 0.0465. The topological polar surface area (TPSA) is 78.2 Å². The van der Waals surface area contributed by atoms with E-state index in [0.717, 1.165) is 11.3 Å². The molecular weight excluding hydrogens is 176 g/mol. The van der Waals surface area contributed by atoms with Crippen LogP contribution >= 0.6 is 0 Å². The van der Waals surface area contributed by atoms with Gasteiger partial charge in [-0.25, -0.2) is 0 Å². The fourth-order valence-electron chi connectivity index (χ4n) is 0.833. The van der Waals surface area contributed by atoms with Crippen LogP contribution in [0.15, 0.2) is 24.3 Å². The quantitative estimate of drug-likeness (QED) is 0.404. The van der Waals surface area contributed by atoms with Crippen LogP contribution in [0.5, 0.6) is 0 Å². The van der Waals surface area contributed by atoms with Gasteiger partial charge in [0.05, 0.1) is 0 Å². The van der Waals surface area contributed by atoms with Crippen molar-refractivity contribution >= 4 is 16.8 Å². The number of rotatable bonds is 3. The van der Waals surface area contributed by atoms with Gasteiger partial charge in [0.1, 0.15) is 0 Å². The Morgan fingerprint density at radius 3 is 2.42 bits per heavy atom. The summed E-state index contributed by atoms with van der Waals surface area (Å²) in [5.41, 5.74) is 3.97. The van der Waals surface area contributed by atoms with Crippen LogP contribution < -0.4 is 11.3 Å². The monoisotopic (exact) mass is 185 g/mol. The molecule has 1 atom stereocenters. The highest BCUT2D eigenvalue weighted by atomic mass is 32.2. The van der Waals surface area contributed by atoms with Gasteiger partial charge < -0.3 is 9.98 Å². The van der Waals surface area contributed by atoms with E-state index in [2.05, 4.69) is 5.43 Å². The molecule has 5 heteroatoms. The number of hydrazine groups is 1. The third-order valence-corrected chi connectivity index (χ3v) is 1.97. The Morgan fingerprint density at radius 1 is 1.42 bits per heavy atom. The predicted molar refractivity (Wildman–Crippen MR) is 46.9 cm³/mol. The fraction of sp³-hybridized carbons (Fsp3) is 0.143. The van der Waals surface area contributed by atoms with Crippen molar-refractivity contribution in [3.63, 3.8) is 0 Å². The standard InChI is InChI=1S/C7H10N2O2S/c8-9-7-3-1-6(2-4-7)5-12(10)11/h1-4,9H,5,8H2,(H,10,11)/p-1. The molecule has 1 rings (SSSR count). The second-order valence-corrected chi connectivity index (χ2v) is 3.19. The first kappa shape index (κ1) is 9.18. The van der Waals surface area contributed by atoms with E-state index in [4.69, 9.17) is 5.84 Å². The van der Waals surface area contributed by atoms with Crippen LogP contribution in [-0.2, 0) is 16.8 Å². The van der Waals surface area contributed by atoms with Gasteiger partial charge in [0.25, 0.3) is 0 Å². The van der Waals surface area contributed by atoms with Crippen molar-refractivity contribution < 1.29 is 8.76 Å². The predicted octanol–water partition coefficient (Wildman–Crippen LogP) is 0.351. The summed E-state index contributed by atoms with van der Waals surface area (Å²) in [6, 6.07) is 6.88. The molecule has 0 saturated heterocycles. The molecule has 0 heterocycles.